The minimum absolute atomic E-state index is 0.0298. The van der Waals surface area contributed by atoms with Gasteiger partial charge in [-0.2, -0.15) is 0 Å². The summed E-state index contributed by atoms with van der Waals surface area (Å²) in [5.41, 5.74) is 1.11. The number of hydrogen-bond acceptors (Lipinski definition) is 3. The van der Waals surface area contributed by atoms with Crippen molar-refractivity contribution in [1.82, 2.24) is 10.3 Å². The van der Waals surface area contributed by atoms with Crippen molar-refractivity contribution in [2.75, 3.05) is 13.2 Å². The van der Waals surface area contributed by atoms with Crippen LogP contribution in [0.25, 0.3) is 0 Å². The van der Waals surface area contributed by atoms with E-state index < -0.39 is 0 Å². The molecule has 1 aliphatic rings. The Labute approximate surface area is 101 Å². The second-order valence-electron chi connectivity index (χ2n) is 4.79. The molecule has 1 aliphatic carbocycles. The molecule has 17 heavy (non-hydrogen) atoms. The second kappa shape index (κ2) is 5.27. The Hall–Kier alpha value is -1.42. The molecule has 0 atom stereocenters. The highest BCUT2D eigenvalue weighted by Crippen LogP contribution is 2.47. The molecule has 2 rings (SSSR count). The van der Waals surface area contributed by atoms with Gasteiger partial charge in [-0.3, -0.25) is 9.78 Å². The fourth-order valence-corrected chi connectivity index (χ4v) is 1.97. The van der Waals surface area contributed by atoms with Crippen LogP contribution in [0.1, 0.15) is 24.8 Å². The number of rotatable bonds is 6. The van der Waals surface area contributed by atoms with Gasteiger partial charge in [-0.15, -0.1) is 0 Å². The molecule has 0 saturated heterocycles. The van der Waals surface area contributed by atoms with Crippen molar-refractivity contribution in [3.8, 4) is 0 Å². The van der Waals surface area contributed by atoms with Crippen molar-refractivity contribution in [3.63, 3.8) is 0 Å². The molecule has 1 aromatic rings. The van der Waals surface area contributed by atoms with E-state index in [1.807, 2.05) is 12.1 Å². The van der Waals surface area contributed by atoms with Gasteiger partial charge in [0.05, 0.1) is 6.42 Å². The SMILES string of the molecule is O=C(Cc1cccnc1)NCC1(CCO)CC1. The quantitative estimate of drug-likeness (QED) is 0.769. The average Bonchev–Trinajstić information content (AvgIpc) is 3.09. The van der Waals surface area contributed by atoms with Crippen LogP contribution in [0.15, 0.2) is 24.5 Å². The van der Waals surface area contributed by atoms with E-state index in [2.05, 4.69) is 10.3 Å². The van der Waals surface area contributed by atoms with E-state index >= 15 is 0 Å². The Morgan fingerprint density at radius 1 is 1.53 bits per heavy atom. The highest BCUT2D eigenvalue weighted by molar-refractivity contribution is 5.78. The number of pyridine rings is 1. The lowest BCUT2D eigenvalue weighted by Crippen LogP contribution is -2.31. The normalized spacial score (nSPS) is 16.5. The van der Waals surface area contributed by atoms with Gasteiger partial charge in [0.1, 0.15) is 0 Å². The number of hydrogen-bond donors (Lipinski definition) is 2. The van der Waals surface area contributed by atoms with Crippen LogP contribution < -0.4 is 5.32 Å². The fourth-order valence-electron chi connectivity index (χ4n) is 1.97. The van der Waals surface area contributed by atoms with Crippen molar-refractivity contribution in [2.45, 2.75) is 25.7 Å². The Bertz CT molecular complexity index is 374. The first kappa shape index (κ1) is 12.0. The zero-order valence-electron chi connectivity index (χ0n) is 9.85. The molecule has 1 fully saturated rings. The number of nitrogens with one attached hydrogen (secondary N) is 1. The van der Waals surface area contributed by atoms with E-state index in [0.29, 0.717) is 13.0 Å². The zero-order chi connectivity index (χ0) is 12.1. The van der Waals surface area contributed by atoms with E-state index in [1.165, 1.54) is 0 Å². The molecule has 4 nitrogen and oxygen atoms in total. The van der Waals surface area contributed by atoms with Crippen LogP contribution in [0.3, 0.4) is 0 Å². The van der Waals surface area contributed by atoms with Crippen molar-refractivity contribution in [3.05, 3.63) is 30.1 Å². The largest absolute Gasteiger partial charge is 0.396 e. The number of nitrogens with zero attached hydrogens (tertiary/aromatic N) is 1. The maximum Gasteiger partial charge on any atom is 0.224 e. The van der Waals surface area contributed by atoms with Gasteiger partial charge in [-0.25, -0.2) is 0 Å². The van der Waals surface area contributed by atoms with Crippen LogP contribution in [0.2, 0.25) is 0 Å². The first-order valence-electron chi connectivity index (χ1n) is 6.01. The summed E-state index contributed by atoms with van der Waals surface area (Å²) in [5, 5.41) is 11.9. The number of aromatic nitrogens is 1. The van der Waals surface area contributed by atoms with Gasteiger partial charge < -0.3 is 10.4 Å². The minimum Gasteiger partial charge on any atom is -0.396 e. The molecule has 92 valence electrons. The van der Waals surface area contributed by atoms with Gasteiger partial charge in [-0.05, 0) is 36.3 Å². The average molecular weight is 234 g/mol. The highest BCUT2D eigenvalue weighted by atomic mass is 16.3. The lowest BCUT2D eigenvalue weighted by Gasteiger charge is -2.14. The molecule has 2 N–H and O–H groups in total. The topological polar surface area (TPSA) is 62.2 Å². The summed E-state index contributed by atoms with van der Waals surface area (Å²) in [6.45, 7) is 0.894. The van der Waals surface area contributed by atoms with Crippen molar-refractivity contribution in [1.29, 1.82) is 0 Å². The monoisotopic (exact) mass is 234 g/mol. The van der Waals surface area contributed by atoms with Gasteiger partial charge in [0.2, 0.25) is 5.91 Å². The van der Waals surface area contributed by atoms with E-state index in [4.69, 9.17) is 5.11 Å². The Kier molecular flexibility index (Phi) is 3.74. The molecule has 4 heteroatoms. The number of aliphatic hydroxyl groups excluding tert-OH is 1. The zero-order valence-corrected chi connectivity index (χ0v) is 9.85. The highest BCUT2D eigenvalue weighted by Gasteiger charge is 2.41. The summed E-state index contributed by atoms with van der Waals surface area (Å²) in [4.78, 5) is 15.7. The van der Waals surface area contributed by atoms with Crippen LogP contribution in [0.4, 0.5) is 0 Å². The standard InChI is InChI=1S/C13H18N2O2/c16-7-5-13(3-4-13)10-15-12(17)8-11-2-1-6-14-9-11/h1-2,6,9,16H,3-5,7-8,10H2,(H,15,17). The molecule has 0 radical (unpaired) electrons. The number of amides is 1. The third kappa shape index (κ3) is 3.53. The van der Waals surface area contributed by atoms with Crippen LogP contribution in [-0.4, -0.2) is 29.1 Å². The molecule has 1 saturated carbocycles. The van der Waals surface area contributed by atoms with Crippen molar-refractivity contribution >= 4 is 5.91 Å². The van der Waals surface area contributed by atoms with Gasteiger partial charge in [-0.1, -0.05) is 6.07 Å². The number of carbonyl (C=O) groups excluding carboxylic acids is 1. The second-order valence-corrected chi connectivity index (χ2v) is 4.79. The third-order valence-electron chi connectivity index (χ3n) is 3.35. The van der Waals surface area contributed by atoms with Crippen molar-refractivity contribution < 1.29 is 9.90 Å². The Morgan fingerprint density at radius 2 is 2.35 bits per heavy atom. The van der Waals surface area contributed by atoms with Gasteiger partial charge in [0.15, 0.2) is 0 Å². The van der Waals surface area contributed by atoms with E-state index in [-0.39, 0.29) is 17.9 Å². The van der Waals surface area contributed by atoms with Crippen LogP contribution in [0, 0.1) is 5.41 Å². The maximum atomic E-state index is 11.7. The van der Waals surface area contributed by atoms with E-state index in [1.54, 1.807) is 12.4 Å². The Morgan fingerprint density at radius 3 is 2.94 bits per heavy atom. The third-order valence-corrected chi connectivity index (χ3v) is 3.35. The molecule has 0 aliphatic heterocycles. The van der Waals surface area contributed by atoms with Gasteiger partial charge >= 0.3 is 0 Å². The summed E-state index contributed by atoms with van der Waals surface area (Å²) < 4.78 is 0. The molecule has 0 aromatic carbocycles. The summed E-state index contributed by atoms with van der Waals surface area (Å²) >= 11 is 0. The predicted molar refractivity (Wildman–Crippen MR) is 64.3 cm³/mol. The van der Waals surface area contributed by atoms with Crippen LogP contribution >= 0.6 is 0 Å². The molecule has 1 amide bonds. The molecule has 1 heterocycles. The molecular formula is C13H18N2O2. The molecule has 0 bridgehead atoms. The summed E-state index contributed by atoms with van der Waals surface area (Å²) in [7, 11) is 0. The van der Waals surface area contributed by atoms with Crippen LogP contribution in [0.5, 0.6) is 0 Å². The first-order valence-corrected chi connectivity index (χ1v) is 6.01. The summed E-state index contributed by atoms with van der Waals surface area (Å²) in [5.74, 6) is 0.0298. The Balaban J connectivity index is 1.75. The molecule has 0 spiro atoms. The smallest absolute Gasteiger partial charge is 0.224 e. The van der Waals surface area contributed by atoms with Gasteiger partial charge in [0.25, 0.3) is 0 Å². The van der Waals surface area contributed by atoms with E-state index in [0.717, 1.165) is 24.8 Å². The lowest BCUT2D eigenvalue weighted by atomic mass is 10.0. The lowest BCUT2D eigenvalue weighted by molar-refractivity contribution is -0.120. The summed E-state index contributed by atoms with van der Waals surface area (Å²) in [6, 6.07) is 3.73. The molecular weight excluding hydrogens is 216 g/mol. The fraction of sp³-hybridized carbons (Fsp3) is 0.538. The first-order chi connectivity index (χ1) is 8.24. The van der Waals surface area contributed by atoms with Gasteiger partial charge in [0, 0.05) is 25.5 Å². The maximum absolute atomic E-state index is 11.7. The predicted octanol–water partition coefficient (Wildman–Crippen LogP) is 0.903. The number of carbonyl (C=O) groups is 1. The minimum atomic E-state index is 0.0298. The molecule has 1 aromatic heterocycles. The summed E-state index contributed by atoms with van der Waals surface area (Å²) in [6.07, 6.45) is 6.80. The number of aliphatic hydroxyl groups is 1. The van der Waals surface area contributed by atoms with Crippen molar-refractivity contribution in [2.24, 2.45) is 5.41 Å². The van der Waals surface area contributed by atoms with E-state index in [9.17, 15) is 4.79 Å². The van der Waals surface area contributed by atoms with Crippen LogP contribution in [-0.2, 0) is 11.2 Å². The molecule has 0 unspecified atom stereocenters.